The van der Waals surface area contributed by atoms with Crippen LogP contribution in [0, 0.1) is 0 Å². The molecule has 3 heteroatoms. The highest BCUT2D eigenvalue weighted by molar-refractivity contribution is 9.10. The lowest BCUT2D eigenvalue weighted by Gasteiger charge is -2.32. The molecule has 29 heavy (non-hydrogen) atoms. The molecule has 0 N–H and O–H groups in total. The molecule has 0 amide bonds. The number of hydrogen-bond donors (Lipinski definition) is 0. The van der Waals surface area contributed by atoms with Gasteiger partial charge in [-0.3, -0.25) is 4.98 Å². The minimum absolute atomic E-state index is 0.423. The van der Waals surface area contributed by atoms with E-state index >= 15 is 0 Å². The van der Waals surface area contributed by atoms with Crippen molar-refractivity contribution in [2.75, 3.05) is 0 Å². The van der Waals surface area contributed by atoms with Gasteiger partial charge in [-0.25, -0.2) is 0 Å². The largest absolute Gasteiger partial charge is 0.258 e. The second-order valence-electron chi connectivity index (χ2n) is 7.33. The fourth-order valence-electron chi connectivity index (χ4n) is 4.75. The summed E-state index contributed by atoms with van der Waals surface area (Å²) in [5.41, 5.74) is 5.88. The summed E-state index contributed by atoms with van der Waals surface area (Å²) in [5, 5.41) is 1.32. The van der Waals surface area contributed by atoms with E-state index in [1.54, 1.807) is 0 Å². The van der Waals surface area contributed by atoms with Gasteiger partial charge < -0.3 is 0 Å². The highest BCUT2D eigenvalue weighted by Crippen LogP contribution is 2.60. The van der Waals surface area contributed by atoms with Gasteiger partial charge in [0.15, 0.2) is 0 Å². The van der Waals surface area contributed by atoms with Gasteiger partial charge >= 0.3 is 0 Å². The Balaban J connectivity index is 1.85. The first-order chi connectivity index (χ1) is 14.3. The molecular weight excluding hydrogens is 438 g/mol. The van der Waals surface area contributed by atoms with Crippen LogP contribution < -0.4 is 0 Å². The van der Waals surface area contributed by atoms with Crippen LogP contribution in [0.1, 0.15) is 22.4 Å². The maximum Gasteiger partial charge on any atom is 0.0900 e. The van der Waals surface area contributed by atoms with Gasteiger partial charge in [0.2, 0.25) is 0 Å². The third-order valence-electron chi connectivity index (χ3n) is 5.86. The van der Waals surface area contributed by atoms with E-state index in [1.165, 1.54) is 37.2 Å². The summed E-state index contributed by atoms with van der Waals surface area (Å²) in [6.07, 6.45) is 1.91. The summed E-state index contributed by atoms with van der Waals surface area (Å²) in [5.74, 6) is 0. The SMILES string of the molecule is Brc1ccc(C2(c3ccccc3)c3ccccc3-c3sc4ccccc4c32)nc1. The normalized spacial score (nSPS) is 17.3. The Morgan fingerprint density at radius 3 is 2.34 bits per heavy atom. The van der Waals surface area contributed by atoms with Crippen molar-refractivity contribution in [1.29, 1.82) is 0 Å². The zero-order chi connectivity index (χ0) is 19.4. The fraction of sp³-hybridized carbons (Fsp3) is 0.0385. The van der Waals surface area contributed by atoms with Crippen molar-refractivity contribution in [3.05, 3.63) is 124 Å². The zero-order valence-electron chi connectivity index (χ0n) is 15.5. The van der Waals surface area contributed by atoms with Crippen LogP contribution in [0.2, 0.25) is 0 Å². The van der Waals surface area contributed by atoms with E-state index in [9.17, 15) is 0 Å². The van der Waals surface area contributed by atoms with Crippen LogP contribution in [0.3, 0.4) is 0 Å². The lowest BCUT2D eigenvalue weighted by atomic mass is 9.69. The Labute approximate surface area is 181 Å². The molecule has 0 saturated heterocycles. The van der Waals surface area contributed by atoms with Crippen LogP contribution in [-0.2, 0) is 5.41 Å². The number of nitrogens with zero attached hydrogens (tertiary/aromatic N) is 1. The van der Waals surface area contributed by atoms with Gasteiger partial charge in [0.25, 0.3) is 0 Å². The monoisotopic (exact) mass is 453 g/mol. The molecular formula is C26H16BrNS. The van der Waals surface area contributed by atoms with Crippen molar-refractivity contribution >= 4 is 37.4 Å². The predicted octanol–water partition coefficient (Wildman–Crippen LogP) is 7.42. The average Bonchev–Trinajstić information content (AvgIpc) is 3.29. The Morgan fingerprint density at radius 1 is 0.759 bits per heavy atom. The Kier molecular flexibility index (Phi) is 3.77. The quantitative estimate of drug-likeness (QED) is 0.265. The van der Waals surface area contributed by atoms with E-state index in [2.05, 4.69) is 107 Å². The molecule has 0 aliphatic heterocycles. The lowest BCUT2D eigenvalue weighted by Crippen LogP contribution is -2.29. The standard InChI is InChI=1S/C26H16BrNS/c27-18-14-15-23(28-16-18)26(17-8-2-1-3-9-17)21-12-6-4-10-19(21)25-24(26)20-11-5-7-13-22(20)29-25/h1-16H. The summed E-state index contributed by atoms with van der Waals surface area (Å²) in [6, 6.07) is 32.7. The van der Waals surface area contributed by atoms with Gasteiger partial charge in [-0.15, -0.1) is 11.3 Å². The Hall–Kier alpha value is -2.75. The summed E-state index contributed by atoms with van der Waals surface area (Å²) in [7, 11) is 0. The van der Waals surface area contributed by atoms with Crippen LogP contribution >= 0.6 is 27.3 Å². The van der Waals surface area contributed by atoms with E-state index in [-0.39, 0.29) is 0 Å². The highest BCUT2D eigenvalue weighted by Gasteiger charge is 2.49. The summed E-state index contributed by atoms with van der Waals surface area (Å²) < 4.78 is 2.32. The van der Waals surface area contributed by atoms with E-state index in [1.807, 2.05) is 17.5 Å². The number of thiophene rings is 1. The Morgan fingerprint density at radius 2 is 1.52 bits per heavy atom. The van der Waals surface area contributed by atoms with E-state index in [4.69, 9.17) is 4.98 Å². The third-order valence-corrected chi connectivity index (χ3v) is 7.54. The first-order valence-electron chi connectivity index (χ1n) is 9.59. The Bertz CT molecular complexity index is 1350. The van der Waals surface area contributed by atoms with Crippen LogP contribution in [0.4, 0.5) is 0 Å². The molecule has 1 aliphatic carbocycles. The van der Waals surface area contributed by atoms with Crippen molar-refractivity contribution in [3.63, 3.8) is 0 Å². The van der Waals surface area contributed by atoms with Crippen molar-refractivity contribution in [1.82, 2.24) is 4.98 Å². The molecule has 1 atom stereocenters. The molecule has 0 spiro atoms. The number of pyridine rings is 1. The number of rotatable bonds is 2. The summed E-state index contributed by atoms with van der Waals surface area (Å²) in [4.78, 5) is 6.31. The van der Waals surface area contributed by atoms with Crippen molar-refractivity contribution < 1.29 is 0 Å². The third kappa shape index (κ3) is 2.29. The first-order valence-corrected chi connectivity index (χ1v) is 11.2. The van der Waals surface area contributed by atoms with E-state index in [0.29, 0.717) is 0 Å². The fourth-order valence-corrected chi connectivity index (χ4v) is 6.28. The second-order valence-corrected chi connectivity index (χ2v) is 9.29. The first kappa shape index (κ1) is 17.1. The zero-order valence-corrected chi connectivity index (χ0v) is 17.9. The maximum absolute atomic E-state index is 4.95. The van der Waals surface area contributed by atoms with Gasteiger partial charge in [0.05, 0.1) is 11.1 Å². The molecule has 0 fully saturated rings. The molecule has 6 rings (SSSR count). The summed E-state index contributed by atoms with van der Waals surface area (Å²) >= 11 is 5.45. The molecule has 1 unspecified atom stereocenters. The highest BCUT2D eigenvalue weighted by atomic mass is 79.9. The minimum Gasteiger partial charge on any atom is -0.258 e. The number of hydrogen-bond acceptors (Lipinski definition) is 2. The van der Waals surface area contributed by atoms with Gasteiger partial charge in [0, 0.05) is 20.2 Å². The average molecular weight is 454 g/mol. The topological polar surface area (TPSA) is 12.9 Å². The van der Waals surface area contributed by atoms with Gasteiger partial charge in [-0.1, -0.05) is 72.8 Å². The number of fused-ring (bicyclic) bond motifs is 5. The molecule has 3 aromatic carbocycles. The molecule has 5 aromatic rings. The molecule has 138 valence electrons. The number of halogens is 1. The van der Waals surface area contributed by atoms with Crippen LogP contribution in [0.5, 0.6) is 0 Å². The van der Waals surface area contributed by atoms with E-state index < -0.39 is 5.41 Å². The number of aromatic nitrogens is 1. The predicted molar refractivity (Wildman–Crippen MR) is 125 cm³/mol. The van der Waals surface area contributed by atoms with Crippen molar-refractivity contribution in [3.8, 4) is 10.4 Å². The molecule has 0 radical (unpaired) electrons. The molecule has 2 aromatic heterocycles. The molecule has 2 heterocycles. The van der Waals surface area contributed by atoms with Crippen LogP contribution in [0.25, 0.3) is 20.5 Å². The molecule has 0 bridgehead atoms. The summed E-state index contributed by atoms with van der Waals surface area (Å²) in [6.45, 7) is 0. The van der Waals surface area contributed by atoms with Crippen molar-refractivity contribution in [2.45, 2.75) is 5.41 Å². The van der Waals surface area contributed by atoms with E-state index in [0.717, 1.165) is 10.2 Å². The second kappa shape index (κ2) is 6.38. The molecule has 1 nitrogen and oxygen atoms in total. The van der Waals surface area contributed by atoms with Gasteiger partial charge in [-0.2, -0.15) is 0 Å². The minimum atomic E-state index is -0.423. The van der Waals surface area contributed by atoms with Gasteiger partial charge in [-0.05, 0) is 61.8 Å². The number of benzene rings is 3. The molecule has 0 saturated carbocycles. The lowest BCUT2D eigenvalue weighted by molar-refractivity contribution is 0.741. The molecule has 1 aliphatic rings. The van der Waals surface area contributed by atoms with Crippen molar-refractivity contribution in [2.24, 2.45) is 0 Å². The van der Waals surface area contributed by atoms with Crippen LogP contribution in [0.15, 0.2) is 102 Å². The van der Waals surface area contributed by atoms with Crippen LogP contribution in [-0.4, -0.2) is 4.98 Å². The van der Waals surface area contributed by atoms with Gasteiger partial charge in [0.1, 0.15) is 0 Å². The smallest absolute Gasteiger partial charge is 0.0900 e. The maximum atomic E-state index is 4.95.